The first-order valence-corrected chi connectivity index (χ1v) is 11.0. The van der Waals surface area contributed by atoms with Gasteiger partial charge in [0.15, 0.2) is 5.75 Å². The summed E-state index contributed by atoms with van der Waals surface area (Å²) in [5, 5.41) is 13.8. The Bertz CT molecular complexity index is 1100. The van der Waals surface area contributed by atoms with E-state index in [4.69, 9.17) is 9.47 Å². The number of ether oxygens (including phenoxy) is 2. The fourth-order valence-corrected chi connectivity index (χ4v) is 4.91. The quantitative estimate of drug-likeness (QED) is 0.508. The third kappa shape index (κ3) is 4.78. The van der Waals surface area contributed by atoms with E-state index in [0.29, 0.717) is 13.1 Å². The van der Waals surface area contributed by atoms with E-state index < -0.39 is 20.9 Å². The molecule has 31 heavy (non-hydrogen) atoms. The van der Waals surface area contributed by atoms with Crippen molar-refractivity contribution in [3.63, 3.8) is 0 Å². The molecule has 1 N–H and O–H groups in total. The summed E-state index contributed by atoms with van der Waals surface area (Å²) < 4.78 is 37.5. The largest absolute Gasteiger partial charge is 0.495 e. The molecule has 11 heteroatoms. The predicted molar refractivity (Wildman–Crippen MR) is 113 cm³/mol. The van der Waals surface area contributed by atoms with Crippen LogP contribution in [0.2, 0.25) is 0 Å². The number of methoxy groups -OCH3 is 2. The standard InChI is InChI=1S/C20H23N3O7S/c1-29-18-9-7-15(31(27,28)22-10-4-3-5-11-22)13-16(18)21-20(24)14-6-8-19(30-2)17(12-14)23(25)26/h6-9,12-13H,3-5,10-11H2,1-2H3,(H,21,24). The molecule has 10 nitrogen and oxygen atoms in total. The van der Waals surface area contributed by atoms with Crippen molar-refractivity contribution in [3.8, 4) is 11.5 Å². The Morgan fingerprint density at radius 2 is 1.68 bits per heavy atom. The number of benzene rings is 2. The van der Waals surface area contributed by atoms with Crippen LogP contribution in [-0.4, -0.2) is 50.9 Å². The van der Waals surface area contributed by atoms with Crippen molar-refractivity contribution in [2.24, 2.45) is 0 Å². The van der Waals surface area contributed by atoms with E-state index in [1.165, 1.54) is 48.9 Å². The zero-order valence-corrected chi connectivity index (χ0v) is 18.0. The van der Waals surface area contributed by atoms with Gasteiger partial charge in [0.2, 0.25) is 10.0 Å². The number of nitrogens with zero attached hydrogens (tertiary/aromatic N) is 2. The summed E-state index contributed by atoms with van der Waals surface area (Å²) in [5.41, 5.74) is -0.202. The van der Waals surface area contributed by atoms with Crippen molar-refractivity contribution >= 4 is 27.3 Å². The lowest BCUT2D eigenvalue weighted by molar-refractivity contribution is -0.385. The van der Waals surface area contributed by atoms with Crippen molar-refractivity contribution in [3.05, 3.63) is 52.1 Å². The number of anilines is 1. The van der Waals surface area contributed by atoms with Crippen LogP contribution in [-0.2, 0) is 10.0 Å². The Balaban J connectivity index is 1.92. The number of rotatable bonds is 7. The summed E-state index contributed by atoms with van der Waals surface area (Å²) in [6.45, 7) is 0.900. The zero-order chi connectivity index (χ0) is 22.6. The van der Waals surface area contributed by atoms with Gasteiger partial charge in [-0.05, 0) is 43.2 Å². The van der Waals surface area contributed by atoms with Gasteiger partial charge in [-0.3, -0.25) is 14.9 Å². The number of carbonyl (C=O) groups is 1. The zero-order valence-electron chi connectivity index (χ0n) is 17.2. The molecule has 0 radical (unpaired) electrons. The fraction of sp³-hybridized carbons (Fsp3) is 0.350. The highest BCUT2D eigenvalue weighted by atomic mass is 32.2. The van der Waals surface area contributed by atoms with Gasteiger partial charge in [0, 0.05) is 24.7 Å². The number of carbonyl (C=O) groups excluding carboxylic acids is 1. The summed E-state index contributed by atoms with van der Waals surface area (Å²) in [6, 6.07) is 8.01. The van der Waals surface area contributed by atoms with Gasteiger partial charge in [-0.2, -0.15) is 4.31 Å². The van der Waals surface area contributed by atoms with Crippen LogP contribution in [0.15, 0.2) is 41.3 Å². The summed E-state index contributed by atoms with van der Waals surface area (Å²) in [7, 11) is -1.03. The van der Waals surface area contributed by atoms with Crippen molar-refractivity contribution in [1.82, 2.24) is 4.31 Å². The third-order valence-electron chi connectivity index (χ3n) is 5.01. The van der Waals surface area contributed by atoms with Gasteiger partial charge in [0.05, 0.1) is 29.7 Å². The maximum atomic E-state index is 13.0. The maximum absolute atomic E-state index is 13.0. The van der Waals surface area contributed by atoms with E-state index in [2.05, 4.69) is 5.32 Å². The van der Waals surface area contributed by atoms with Crippen LogP contribution in [0.5, 0.6) is 11.5 Å². The number of hydrogen-bond donors (Lipinski definition) is 1. The Morgan fingerprint density at radius 3 is 2.29 bits per heavy atom. The molecule has 1 amide bonds. The molecule has 0 aliphatic carbocycles. The molecule has 3 rings (SSSR count). The van der Waals surface area contributed by atoms with Gasteiger partial charge in [-0.1, -0.05) is 6.42 Å². The molecular formula is C20H23N3O7S. The molecule has 1 saturated heterocycles. The second-order valence-electron chi connectivity index (χ2n) is 6.92. The van der Waals surface area contributed by atoms with E-state index in [1.54, 1.807) is 0 Å². The lowest BCUT2D eigenvalue weighted by Gasteiger charge is -2.26. The second kappa shape index (κ2) is 9.31. The van der Waals surface area contributed by atoms with E-state index in [0.717, 1.165) is 25.3 Å². The minimum absolute atomic E-state index is 0.0128. The third-order valence-corrected chi connectivity index (χ3v) is 6.90. The van der Waals surface area contributed by atoms with Gasteiger partial charge in [0.25, 0.3) is 5.91 Å². The minimum atomic E-state index is -3.72. The summed E-state index contributed by atoms with van der Waals surface area (Å²) in [5.74, 6) is -0.376. The second-order valence-corrected chi connectivity index (χ2v) is 8.86. The molecule has 0 unspecified atom stereocenters. The van der Waals surface area contributed by atoms with E-state index >= 15 is 0 Å². The van der Waals surface area contributed by atoms with Gasteiger partial charge >= 0.3 is 5.69 Å². The topological polar surface area (TPSA) is 128 Å². The molecule has 0 saturated carbocycles. The molecule has 2 aromatic rings. The fourth-order valence-electron chi connectivity index (χ4n) is 3.37. The van der Waals surface area contributed by atoms with Crippen LogP contribution in [0.4, 0.5) is 11.4 Å². The van der Waals surface area contributed by atoms with E-state index in [-0.39, 0.29) is 33.3 Å². The van der Waals surface area contributed by atoms with Crippen LogP contribution in [0.25, 0.3) is 0 Å². The normalized spacial score (nSPS) is 14.6. The van der Waals surface area contributed by atoms with Crippen molar-refractivity contribution in [2.75, 3.05) is 32.6 Å². The first-order chi connectivity index (χ1) is 14.8. The number of amides is 1. The molecule has 1 aliphatic rings. The Hall–Kier alpha value is -3.18. The molecular weight excluding hydrogens is 426 g/mol. The highest BCUT2D eigenvalue weighted by Crippen LogP contribution is 2.32. The molecule has 0 bridgehead atoms. The average molecular weight is 449 g/mol. The summed E-state index contributed by atoms with van der Waals surface area (Å²) in [4.78, 5) is 23.3. The number of piperidine rings is 1. The Labute approximate surface area is 180 Å². The number of hydrogen-bond acceptors (Lipinski definition) is 7. The maximum Gasteiger partial charge on any atom is 0.311 e. The first kappa shape index (κ1) is 22.5. The van der Waals surface area contributed by atoms with Crippen molar-refractivity contribution in [2.45, 2.75) is 24.2 Å². The van der Waals surface area contributed by atoms with Crippen LogP contribution in [0.1, 0.15) is 29.6 Å². The van der Waals surface area contributed by atoms with Crippen LogP contribution >= 0.6 is 0 Å². The highest BCUT2D eigenvalue weighted by Gasteiger charge is 2.27. The lowest BCUT2D eigenvalue weighted by Crippen LogP contribution is -2.35. The number of nitro benzene ring substituents is 1. The summed E-state index contributed by atoms with van der Waals surface area (Å²) >= 11 is 0. The smallest absolute Gasteiger partial charge is 0.311 e. The number of sulfonamides is 1. The SMILES string of the molecule is COc1ccc(S(=O)(=O)N2CCCCC2)cc1NC(=O)c1ccc(OC)c([N+](=O)[O-])c1. The Kier molecular flexibility index (Phi) is 6.76. The molecule has 2 aromatic carbocycles. The highest BCUT2D eigenvalue weighted by molar-refractivity contribution is 7.89. The lowest BCUT2D eigenvalue weighted by atomic mass is 10.1. The van der Waals surface area contributed by atoms with Gasteiger partial charge in [0.1, 0.15) is 5.75 Å². The number of nitrogens with one attached hydrogen (secondary N) is 1. The number of nitro groups is 1. The molecule has 1 aliphatic heterocycles. The van der Waals surface area contributed by atoms with E-state index in [9.17, 15) is 23.3 Å². The van der Waals surface area contributed by atoms with Gasteiger partial charge < -0.3 is 14.8 Å². The van der Waals surface area contributed by atoms with Crippen LogP contribution in [0.3, 0.4) is 0 Å². The molecule has 1 fully saturated rings. The van der Waals surface area contributed by atoms with E-state index in [1.807, 2.05) is 0 Å². The van der Waals surface area contributed by atoms with Crippen LogP contribution < -0.4 is 14.8 Å². The first-order valence-electron chi connectivity index (χ1n) is 9.60. The monoisotopic (exact) mass is 449 g/mol. The predicted octanol–water partition coefficient (Wildman–Crippen LogP) is 3.04. The van der Waals surface area contributed by atoms with Crippen LogP contribution in [0, 0.1) is 10.1 Å². The Morgan fingerprint density at radius 1 is 1.03 bits per heavy atom. The average Bonchev–Trinajstić information content (AvgIpc) is 2.79. The van der Waals surface area contributed by atoms with Crippen molar-refractivity contribution in [1.29, 1.82) is 0 Å². The summed E-state index contributed by atoms with van der Waals surface area (Å²) in [6.07, 6.45) is 2.59. The molecule has 0 aromatic heterocycles. The van der Waals surface area contributed by atoms with Gasteiger partial charge in [-0.15, -0.1) is 0 Å². The molecule has 0 atom stereocenters. The van der Waals surface area contributed by atoms with Gasteiger partial charge in [-0.25, -0.2) is 8.42 Å². The minimum Gasteiger partial charge on any atom is -0.495 e. The molecule has 166 valence electrons. The molecule has 0 spiro atoms. The molecule has 1 heterocycles. The van der Waals surface area contributed by atoms with Crippen molar-refractivity contribution < 1.29 is 27.6 Å².